The number of nitrogens with zero attached hydrogens (tertiary/aromatic N) is 3. The predicted octanol–water partition coefficient (Wildman–Crippen LogP) is 4.03. The summed E-state index contributed by atoms with van der Waals surface area (Å²) in [4.78, 5) is 3.34. The van der Waals surface area contributed by atoms with Crippen molar-refractivity contribution >= 4 is 27.6 Å². The van der Waals surface area contributed by atoms with Crippen molar-refractivity contribution in [2.24, 2.45) is 0 Å². The number of H-pyrrole nitrogens is 1. The van der Waals surface area contributed by atoms with Gasteiger partial charge in [0.25, 0.3) is 0 Å². The number of benzene rings is 2. The molecule has 0 aliphatic carbocycles. The molecule has 4 heteroatoms. The molecule has 0 atom stereocenters. The van der Waals surface area contributed by atoms with Crippen molar-refractivity contribution < 1.29 is 0 Å². The SMILES string of the molecule is c1ccc2c(c1)nnc1ccc(-c3c[nH]c4ccccc34)n12. The summed E-state index contributed by atoms with van der Waals surface area (Å²) in [5.41, 5.74) is 6.26. The number of hydrogen-bond acceptors (Lipinski definition) is 2. The van der Waals surface area contributed by atoms with E-state index in [9.17, 15) is 0 Å². The minimum absolute atomic E-state index is 0.860. The number of rotatable bonds is 1. The third kappa shape index (κ3) is 1.46. The first-order valence-electron chi connectivity index (χ1n) is 7.21. The second-order valence-corrected chi connectivity index (χ2v) is 5.35. The van der Waals surface area contributed by atoms with Crippen molar-refractivity contribution in [2.45, 2.75) is 0 Å². The molecule has 0 fully saturated rings. The number of aromatic amines is 1. The molecule has 22 heavy (non-hydrogen) atoms. The fraction of sp³-hybridized carbons (Fsp3) is 0. The first-order chi connectivity index (χ1) is 10.9. The quantitative estimate of drug-likeness (QED) is 0.505. The van der Waals surface area contributed by atoms with Crippen molar-refractivity contribution in [3.05, 3.63) is 66.9 Å². The van der Waals surface area contributed by atoms with Crippen LogP contribution in [0.3, 0.4) is 0 Å². The highest BCUT2D eigenvalue weighted by molar-refractivity contribution is 5.96. The summed E-state index contributed by atoms with van der Waals surface area (Å²) in [5, 5.41) is 9.82. The molecule has 0 saturated heterocycles. The van der Waals surface area contributed by atoms with E-state index in [4.69, 9.17) is 0 Å². The van der Waals surface area contributed by atoms with Crippen molar-refractivity contribution in [3.63, 3.8) is 0 Å². The maximum Gasteiger partial charge on any atom is 0.160 e. The average Bonchev–Trinajstić information content (AvgIpc) is 3.18. The van der Waals surface area contributed by atoms with Gasteiger partial charge in [-0.3, -0.25) is 4.40 Å². The maximum atomic E-state index is 4.32. The molecule has 0 radical (unpaired) electrons. The van der Waals surface area contributed by atoms with Crippen LogP contribution >= 0.6 is 0 Å². The van der Waals surface area contributed by atoms with E-state index < -0.39 is 0 Å². The summed E-state index contributed by atoms with van der Waals surface area (Å²) >= 11 is 0. The fourth-order valence-corrected chi connectivity index (χ4v) is 3.09. The Kier molecular flexibility index (Phi) is 2.19. The van der Waals surface area contributed by atoms with Gasteiger partial charge in [-0.25, -0.2) is 0 Å². The molecule has 5 rings (SSSR count). The molecule has 0 amide bonds. The lowest BCUT2D eigenvalue weighted by Gasteiger charge is -2.05. The Morgan fingerprint density at radius 1 is 0.818 bits per heavy atom. The van der Waals surface area contributed by atoms with Gasteiger partial charge in [0.1, 0.15) is 5.52 Å². The molecule has 0 aliphatic rings. The van der Waals surface area contributed by atoms with Crippen LogP contribution in [0.1, 0.15) is 0 Å². The molecule has 2 aromatic carbocycles. The van der Waals surface area contributed by atoms with E-state index in [-0.39, 0.29) is 0 Å². The number of para-hydroxylation sites is 2. The highest BCUT2D eigenvalue weighted by atomic mass is 15.2. The molecular formula is C18H12N4. The van der Waals surface area contributed by atoms with Gasteiger partial charge >= 0.3 is 0 Å². The molecule has 0 spiro atoms. The Morgan fingerprint density at radius 3 is 2.68 bits per heavy atom. The van der Waals surface area contributed by atoms with Crippen molar-refractivity contribution in [3.8, 4) is 11.3 Å². The lowest BCUT2D eigenvalue weighted by molar-refractivity contribution is 1.05. The number of aromatic nitrogens is 4. The number of nitrogens with one attached hydrogen (secondary N) is 1. The Morgan fingerprint density at radius 2 is 1.68 bits per heavy atom. The van der Waals surface area contributed by atoms with Crippen molar-refractivity contribution in [2.75, 3.05) is 0 Å². The summed E-state index contributed by atoms with van der Waals surface area (Å²) in [6, 6.07) is 20.5. The van der Waals surface area contributed by atoms with E-state index in [0.29, 0.717) is 0 Å². The van der Waals surface area contributed by atoms with Crippen LogP contribution in [0.2, 0.25) is 0 Å². The Balaban J connectivity index is 1.94. The third-order valence-corrected chi connectivity index (χ3v) is 4.11. The van der Waals surface area contributed by atoms with Crippen LogP contribution in [-0.4, -0.2) is 19.6 Å². The van der Waals surface area contributed by atoms with E-state index in [1.165, 1.54) is 10.9 Å². The first kappa shape index (κ1) is 11.5. The smallest absolute Gasteiger partial charge is 0.160 e. The Bertz CT molecular complexity index is 1130. The summed E-state index contributed by atoms with van der Waals surface area (Å²) in [7, 11) is 0. The van der Waals surface area contributed by atoms with Crippen LogP contribution in [0.5, 0.6) is 0 Å². The molecule has 4 nitrogen and oxygen atoms in total. The average molecular weight is 284 g/mol. The Labute approximate surface area is 126 Å². The van der Waals surface area contributed by atoms with Gasteiger partial charge in [-0.05, 0) is 30.3 Å². The minimum Gasteiger partial charge on any atom is -0.360 e. The molecule has 5 aromatic rings. The van der Waals surface area contributed by atoms with Crippen LogP contribution in [0.25, 0.3) is 38.8 Å². The second kappa shape index (κ2) is 4.18. The summed E-state index contributed by atoms with van der Waals surface area (Å²) < 4.78 is 2.16. The Hall–Kier alpha value is -3.14. The predicted molar refractivity (Wildman–Crippen MR) is 87.8 cm³/mol. The third-order valence-electron chi connectivity index (χ3n) is 4.11. The maximum absolute atomic E-state index is 4.32. The zero-order valence-corrected chi connectivity index (χ0v) is 11.7. The zero-order valence-electron chi connectivity index (χ0n) is 11.7. The van der Waals surface area contributed by atoms with Crippen LogP contribution in [0.4, 0.5) is 0 Å². The van der Waals surface area contributed by atoms with Crippen LogP contribution in [0, 0.1) is 0 Å². The zero-order chi connectivity index (χ0) is 14.5. The van der Waals surface area contributed by atoms with Gasteiger partial charge in [-0.15, -0.1) is 10.2 Å². The highest BCUT2D eigenvalue weighted by Crippen LogP contribution is 2.31. The monoisotopic (exact) mass is 284 g/mol. The van der Waals surface area contributed by atoms with Crippen LogP contribution in [-0.2, 0) is 0 Å². The number of hydrogen-bond donors (Lipinski definition) is 1. The largest absolute Gasteiger partial charge is 0.360 e. The van der Waals surface area contributed by atoms with E-state index >= 15 is 0 Å². The molecule has 3 aromatic heterocycles. The minimum atomic E-state index is 0.860. The van der Waals surface area contributed by atoms with Gasteiger partial charge in [0.2, 0.25) is 0 Å². The first-order valence-corrected chi connectivity index (χ1v) is 7.21. The van der Waals surface area contributed by atoms with Crippen LogP contribution < -0.4 is 0 Å². The standard InChI is InChI=1S/C18H12N4/c1-2-6-14-12(5-1)13(11-19-14)16-9-10-18-21-20-15-7-3-4-8-17(15)22(16)18/h1-11,19H. The van der Waals surface area contributed by atoms with E-state index in [1.807, 2.05) is 30.3 Å². The van der Waals surface area contributed by atoms with E-state index in [2.05, 4.69) is 56.1 Å². The van der Waals surface area contributed by atoms with Crippen LogP contribution in [0.15, 0.2) is 66.9 Å². The second-order valence-electron chi connectivity index (χ2n) is 5.35. The molecule has 1 N–H and O–H groups in total. The summed E-state index contributed by atoms with van der Waals surface area (Å²) in [6.07, 6.45) is 2.06. The van der Waals surface area contributed by atoms with Gasteiger partial charge in [-0.2, -0.15) is 0 Å². The van der Waals surface area contributed by atoms with Gasteiger partial charge in [0, 0.05) is 22.7 Å². The van der Waals surface area contributed by atoms with E-state index in [0.717, 1.165) is 27.9 Å². The van der Waals surface area contributed by atoms with Gasteiger partial charge < -0.3 is 4.98 Å². The molecule has 104 valence electrons. The molecule has 0 bridgehead atoms. The molecule has 0 aliphatic heterocycles. The van der Waals surface area contributed by atoms with Gasteiger partial charge in [0.15, 0.2) is 5.65 Å². The molecule has 0 unspecified atom stereocenters. The normalized spacial score (nSPS) is 11.6. The topological polar surface area (TPSA) is 46.0 Å². The van der Waals surface area contributed by atoms with Crippen molar-refractivity contribution in [1.29, 1.82) is 0 Å². The van der Waals surface area contributed by atoms with E-state index in [1.54, 1.807) is 0 Å². The van der Waals surface area contributed by atoms with Gasteiger partial charge in [-0.1, -0.05) is 30.3 Å². The van der Waals surface area contributed by atoms with Gasteiger partial charge in [0.05, 0.1) is 11.2 Å². The molecule has 0 saturated carbocycles. The fourth-order valence-electron chi connectivity index (χ4n) is 3.09. The lowest BCUT2D eigenvalue weighted by Crippen LogP contribution is -1.95. The molecule has 3 heterocycles. The van der Waals surface area contributed by atoms with Crippen molar-refractivity contribution in [1.82, 2.24) is 19.6 Å². The summed E-state index contributed by atoms with van der Waals surface area (Å²) in [6.45, 7) is 0. The number of fused-ring (bicyclic) bond motifs is 4. The molecular weight excluding hydrogens is 272 g/mol. The lowest BCUT2D eigenvalue weighted by atomic mass is 10.1. The summed E-state index contributed by atoms with van der Waals surface area (Å²) in [5.74, 6) is 0. The highest BCUT2D eigenvalue weighted by Gasteiger charge is 2.12.